The molecule has 18 heavy (non-hydrogen) atoms. The molecule has 0 spiro atoms. The maximum Gasteiger partial charge on any atom is 0.338 e. The third-order valence-corrected chi connectivity index (χ3v) is 2.79. The molecule has 0 aliphatic heterocycles. The zero-order valence-corrected chi connectivity index (χ0v) is 9.33. The van der Waals surface area contributed by atoms with Crippen molar-refractivity contribution in [3.05, 3.63) is 54.6 Å². The van der Waals surface area contributed by atoms with Crippen LogP contribution in [0, 0.1) is 0 Å². The number of carboxylic acid groups (broad SMARTS) is 1. The Hall–Kier alpha value is -2.62. The van der Waals surface area contributed by atoms with Crippen LogP contribution in [-0.4, -0.2) is 16.1 Å². The van der Waals surface area contributed by atoms with Gasteiger partial charge >= 0.3 is 5.97 Å². The van der Waals surface area contributed by atoms with E-state index in [-0.39, 0.29) is 5.56 Å². The number of pyridine rings is 1. The first-order chi connectivity index (χ1) is 8.75. The molecule has 0 saturated heterocycles. The fourth-order valence-corrected chi connectivity index (χ4v) is 1.93. The van der Waals surface area contributed by atoms with Gasteiger partial charge < -0.3 is 9.52 Å². The molecule has 3 aromatic rings. The Labute approximate surface area is 103 Å². The summed E-state index contributed by atoms with van der Waals surface area (Å²) < 4.78 is 5.32. The van der Waals surface area contributed by atoms with Crippen molar-refractivity contribution < 1.29 is 14.3 Å². The van der Waals surface area contributed by atoms with E-state index < -0.39 is 5.97 Å². The average Bonchev–Trinajstić information content (AvgIpc) is 2.87. The van der Waals surface area contributed by atoms with E-state index in [9.17, 15) is 4.79 Å². The Balaban J connectivity index is 2.21. The van der Waals surface area contributed by atoms with Crippen molar-refractivity contribution in [2.24, 2.45) is 0 Å². The summed E-state index contributed by atoms with van der Waals surface area (Å²) in [5.41, 5.74) is 1.01. The zero-order valence-electron chi connectivity index (χ0n) is 9.33. The number of aromatic carboxylic acids is 1. The van der Waals surface area contributed by atoms with Crippen LogP contribution >= 0.6 is 0 Å². The van der Waals surface area contributed by atoms with Gasteiger partial charge in [-0.05, 0) is 17.5 Å². The van der Waals surface area contributed by atoms with Gasteiger partial charge in [0.1, 0.15) is 12.0 Å². The highest BCUT2D eigenvalue weighted by Gasteiger charge is 2.11. The number of carboxylic acids is 1. The number of nitrogens with zero attached hydrogens (tertiary/aromatic N) is 1. The Morgan fingerprint density at radius 1 is 1.28 bits per heavy atom. The normalized spacial score (nSPS) is 10.7. The molecule has 0 unspecified atom stereocenters. The van der Waals surface area contributed by atoms with Gasteiger partial charge in [0, 0.05) is 23.3 Å². The third-order valence-electron chi connectivity index (χ3n) is 2.79. The summed E-state index contributed by atoms with van der Waals surface area (Å²) in [5.74, 6) is -0.448. The van der Waals surface area contributed by atoms with Crippen LogP contribution in [0.1, 0.15) is 10.4 Å². The number of hydrogen-bond acceptors (Lipinski definition) is 3. The van der Waals surface area contributed by atoms with Gasteiger partial charge in [-0.25, -0.2) is 4.79 Å². The van der Waals surface area contributed by atoms with Crippen LogP contribution in [0.2, 0.25) is 0 Å². The van der Waals surface area contributed by atoms with Crippen LogP contribution in [0.5, 0.6) is 0 Å². The van der Waals surface area contributed by atoms with E-state index in [2.05, 4.69) is 4.98 Å². The molecular formula is C14H9NO3. The number of carbonyl (C=O) groups is 1. The first kappa shape index (κ1) is 10.5. The fourth-order valence-electron chi connectivity index (χ4n) is 1.93. The van der Waals surface area contributed by atoms with Crippen LogP contribution < -0.4 is 0 Å². The van der Waals surface area contributed by atoms with Gasteiger partial charge in [-0.3, -0.25) is 4.98 Å². The highest BCUT2D eigenvalue weighted by atomic mass is 16.4. The molecule has 4 heteroatoms. The minimum absolute atomic E-state index is 0.149. The molecule has 0 saturated carbocycles. The summed E-state index contributed by atoms with van der Waals surface area (Å²) in [6.07, 6.45) is 4.71. The first-order valence-corrected chi connectivity index (χ1v) is 5.40. The molecule has 0 radical (unpaired) electrons. The van der Waals surface area contributed by atoms with E-state index in [1.807, 2.05) is 24.3 Å². The van der Waals surface area contributed by atoms with Crippen molar-refractivity contribution in [3.63, 3.8) is 0 Å². The van der Waals surface area contributed by atoms with Crippen molar-refractivity contribution in [1.29, 1.82) is 0 Å². The SMILES string of the molecule is O=C(O)c1coc(-c2cccc3cnccc23)c1. The minimum Gasteiger partial charge on any atom is -0.478 e. The average molecular weight is 239 g/mol. The number of rotatable bonds is 2. The van der Waals surface area contributed by atoms with Gasteiger partial charge in [-0.15, -0.1) is 0 Å². The van der Waals surface area contributed by atoms with Crippen LogP contribution in [-0.2, 0) is 0 Å². The minimum atomic E-state index is -0.994. The molecule has 2 heterocycles. The van der Waals surface area contributed by atoms with E-state index in [0.717, 1.165) is 16.3 Å². The summed E-state index contributed by atoms with van der Waals surface area (Å²) in [6, 6.07) is 9.15. The number of aromatic nitrogens is 1. The second-order valence-corrected chi connectivity index (χ2v) is 3.91. The number of furan rings is 1. The summed E-state index contributed by atoms with van der Waals surface area (Å²) >= 11 is 0. The highest BCUT2D eigenvalue weighted by Crippen LogP contribution is 2.29. The molecule has 3 rings (SSSR count). The van der Waals surface area contributed by atoms with Crippen molar-refractivity contribution in [1.82, 2.24) is 4.98 Å². The van der Waals surface area contributed by atoms with Crippen molar-refractivity contribution in [3.8, 4) is 11.3 Å². The summed E-state index contributed by atoms with van der Waals surface area (Å²) in [6.45, 7) is 0. The lowest BCUT2D eigenvalue weighted by molar-refractivity contribution is 0.0696. The van der Waals surface area contributed by atoms with Gasteiger partial charge in [0.15, 0.2) is 0 Å². The number of hydrogen-bond donors (Lipinski definition) is 1. The quantitative estimate of drug-likeness (QED) is 0.745. The van der Waals surface area contributed by atoms with Crippen molar-refractivity contribution in [2.75, 3.05) is 0 Å². The topological polar surface area (TPSA) is 63.3 Å². The molecule has 0 fully saturated rings. The summed E-state index contributed by atoms with van der Waals surface area (Å²) in [7, 11) is 0. The van der Waals surface area contributed by atoms with Gasteiger partial charge in [-0.2, -0.15) is 0 Å². The van der Waals surface area contributed by atoms with Crippen LogP contribution in [0.15, 0.2) is 53.4 Å². The maximum absolute atomic E-state index is 10.8. The maximum atomic E-state index is 10.8. The lowest BCUT2D eigenvalue weighted by Gasteiger charge is -2.02. The van der Waals surface area contributed by atoms with E-state index >= 15 is 0 Å². The lowest BCUT2D eigenvalue weighted by atomic mass is 10.0. The van der Waals surface area contributed by atoms with Gasteiger partial charge in [0.05, 0.1) is 5.56 Å². The monoisotopic (exact) mass is 239 g/mol. The van der Waals surface area contributed by atoms with Gasteiger partial charge in [-0.1, -0.05) is 18.2 Å². The lowest BCUT2D eigenvalue weighted by Crippen LogP contribution is -1.91. The molecule has 1 N–H and O–H groups in total. The number of fused-ring (bicyclic) bond motifs is 1. The molecule has 0 aliphatic rings. The largest absolute Gasteiger partial charge is 0.478 e. The van der Waals surface area contributed by atoms with Crippen LogP contribution in [0.25, 0.3) is 22.1 Å². The second kappa shape index (κ2) is 4.00. The Bertz CT molecular complexity index is 725. The molecule has 88 valence electrons. The second-order valence-electron chi connectivity index (χ2n) is 3.91. The third kappa shape index (κ3) is 1.64. The molecule has 0 bridgehead atoms. The van der Waals surface area contributed by atoms with E-state index in [0.29, 0.717) is 5.76 Å². The fraction of sp³-hybridized carbons (Fsp3) is 0. The summed E-state index contributed by atoms with van der Waals surface area (Å²) in [4.78, 5) is 14.9. The van der Waals surface area contributed by atoms with Crippen LogP contribution in [0.3, 0.4) is 0 Å². The predicted octanol–water partition coefficient (Wildman–Crippen LogP) is 3.19. The van der Waals surface area contributed by atoms with Crippen molar-refractivity contribution >= 4 is 16.7 Å². The zero-order chi connectivity index (χ0) is 12.5. The van der Waals surface area contributed by atoms with Crippen molar-refractivity contribution in [2.45, 2.75) is 0 Å². The Kier molecular flexibility index (Phi) is 2.34. The molecule has 2 aromatic heterocycles. The Morgan fingerprint density at radius 2 is 2.17 bits per heavy atom. The molecule has 0 aliphatic carbocycles. The van der Waals surface area contributed by atoms with E-state index in [4.69, 9.17) is 9.52 Å². The molecule has 0 amide bonds. The summed E-state index contributed by atoms with van der Waals surface area (Å²) in [5, 5.41) is 10.9. The standard InChI is InChI=1S/C14H9NO3/c16-14(17)10-6-13(18-8-10)12-3-1-2-9-7-15-5-4-11(9)12/h1-8H,(H,16,17). The van der Waals surface area contributed by atoms with Gasteiger partial charge in [0.25, 0.3) is 0 Å². The Morgan fingerprint density at radius 3 is 2.94 bits per heavy atom. The molecule has 4 nitrogen and oxygen atoms in total. The molecule has 0 atom stereocenters. The predicted molar refractivity (Wildman–Crippen MR) is 66.4 cm³/mol. The molecular weight excluding hydrogens is 230 g/mol. The smallest absolute Gasteiger partial charge is 0.338 e. The van der Waals surface area contributed by atoms with Crippen LogP contribution in [0.4, 0.5) is 0 Å². The first-order valence-electron chi connectivity index (χ1n) is 5.40. The van der Waals surface area contributed by atoms with E-state index in [1.54, 1.807) is 12.4 Å². The molecule has 1 aromatic carbocycles. The number of benzene rings is 1. The van der Waals surface area contributed by atoms with Gasteiger partial charge in [0.2, 0.25) is 0 Å². The highest BCUT2D eigenvalue weighted by molar-refractivity contribution is 5.96. The van der Waals surface area contributed by atoms with E-state index in [1.165, 1.54) is 12.3 Å².